The monoisotopic (exact) mass is 424 g/mol. The minimum absolute atomic E-state index is 0.172. The van der Waals surface area contributed by atoms with E-state index in [0.29, 0.717) is 29.0 Å². The van der Waals surface area contributed by atoms with Crippen LogP contribution in [0, 0.1) is 0 Å². The molecule has 0 spiro atoms. The molecule has 8 heteroatoms. The van der Waals surface area contributed by atoms with Crippen LogP contribution in [-0.4, -0.2) is 35.6 Å². The molecule has 2 aliphatic heterocycles. The van der Waals surface area contributed by atoms with E-state index in [1.54, 1.807) is 12.1 Å². The van der Waals surface area contributed by atoms with Gasteiger partial charge in [0.15, 0.2) is 22.8 Å². The van der Waals surface area contributed by atoms with Gasteiger partial charge >= 0.3 is 0 Å². The molecule has 0 saturated heterocycles. The fourth-order valence-corrected chi connectivity index (χ4v) is 4.14. The number of rotatable bonds is 6. The van der Waals surface area contributed by atoms with Gasteiger partial charge in [-0.25, -0.2) is 5.01 Å². The molecule has 0 aromatic heterocycles. The number of ether oxygens (including phenoxy) is 2. The molecule has 0 saturated carbocycles. The fraction of sp³-hybridized carbons (Fsp3) is 0.318. The molecule has 1 N–H and O–H groups in total. The van der Waals surface area contributed by atoms with Crippen molar-refractivity contribution in [3.05, 3.63) is 58.6 Å². The number of para-hydroxylation sites is 1. The molecule has 2 aromatic rings. The quantitative estimate of drug-likeness (QED) is 0.771. The summed E-state index contributed by atoms with van der Waals surface area (Å²) in [4.78, 5) is 17.9. The minimum atomic E-state index is -0.484. The molecule has 2 aromatic carbocycles. The van der Waals surface area contributed by atoms with Gasteiger partial charge in [-0.3, -0.25) is 15.1 Å². The average Bonchev–Trinajstić information content (AvgIpc) is 2.77. The second kappa shape index (κ2) is 8.79. The van der Waals surface area contributed by atoms with Crippen molar-refractivity contribution in [1.29, 1.82) is 0 Å². The SMILES string of the molecule is CCCSC1=NN2C(=c3ccccc3=NC2c2ccc(OCC)c(OC)c2)C(=O)N1. The van der Waals surface area contributed by atoms with Crippen LogP contribution < -0.4 is 25.4 Å². The van der Waals surface area contributed by atoms with Gasteiger partial charge in [0.25, 0.3) is 5.91 Å². The molecule has 0 fully saturated rings. The summed E-state index contributed by atoms with van der Waals surface area (Å²) in [6.45, 7) is 4.57. The zero-order valence-electron chi connectivity index (χ0n) is 17.2. The number of hydrogen-bond donors (Lipinski definition) is 1. The van der Waals surface area contributed by atoms with E-state index in [4.69, 9.17) is 19.6 Å². The highest BCUT2D eigenvalue weighted by molar-refractivity contribution is 8.13. The summed E-state index contributed by atoms with van der Waals surface area (Å²) in [5, 5.41) is 11.5. The number of hydrogen-bond acceptors (Lipinski definition) is 7. The minimum Gasteiger partial charge on any atom is -0.493 e. The smallest absolute Gasteiger partial charge is 0.276 e. The van der Waals surface area contributed by atoms with Gasteiger partial charge in [0.1, 0.15) is 5.70 Å². The lowest BCUT2D eigenvalue weighted by molar-refractivity contribution is -0.116. The number of fused-ring (bicyclic) bond motifs is 2. The molecule has 0 bridgehead atoms. The number of nitrogens with one attached hydrogen (secondary N) is 1. The topological polar surface area (TPSA) is 75.5 Å². The van der Waals surface area contributed by atoms with E-state index in [1.165, 1.54) is 11.8 Å². The zero-order valence-corrected chi connectivity index (χ0v) is 18.0. The highest BCUT2D eigenvalue weighted by atomic mass is 32.2. The van der Waals surface area contributed by atoms with Gasteiger partial charge in [-0.1, -0.05) is 43.0 Å². The molecule has 2 aliphatic rings. The highest BCUT2D eigenvalue weighted by Gasteiger charge is 2.34. The number of hydrazone groups is 1. The van der Waals surface area contributed by atoms with Crippen LogP contribution in [0.15, 0.2) is 52.6 Å². The highest BCUT2D eigenvalue weighted by Crippen LogP contribution is 2.36. The molecule has 0 radical (unpaired) electrons. The molecule has 1 atom stereocenters. The Morgan fingerprint density at radius 1 is 1.17 bits per heavy atom. The summed E-state index contributed by atoms with van der Waals surface area (Å²) in [7, 11) is 1.61. The largest absolute Gasteiger partial charge is 0.493 e. The number of methoxy groups -OCH3 is 1. The van der Waals surface area contributed by atoms with Gasteiger partial charge in [0, 0.05) is 16.5 Å². The summed E-state index contributed by atoms with van der Waals surface area (Å²) >= 11 is 1.53. The van der Waals surface area contributed by atoms with Crippen molar-refractivity contribution in [2.24, 2.45) is 10.1 Å². The van der Waals surface area contributed by atoms with E-state index in [-0.39, 0.29) is 5.91 Å². The number of thioether (sulfide) groups is 1. The number of amides is 1. The Balaban J connectivity index is 1.86. The third-order valence-electron chi connectivity index (χ3n) is 4.74. The maximum atomic E-state index is 13.0. The molecular weight excluding hydrogens is 400 g/mol. The molecule has 30 heavy (non-hydrogen) atoms. The summed E-state index contributed by atoms with van der Waals surface area (Å²) in [6.07, 6.45) is 0.505. The Bertz CT molecular complexity index is 1120. The number of carbonyl (C=O) groups excluding carboxylic acids is 1. The van der Waals surface area contributed by atoms with E-state index in [0.717, 1.165) is 28.3 Å². The second-order valence-corrected chi connectivity index (χ2v) is 7.85. The first-order valence-electron chi connectivity index (χ1n) is 9.96. The third-order valence-corrected chi connectivity index (χ3v) is 5.81. The summed E-state index contributed by atoms with van der Waals surface area (Å²) < 4.78 is 11.2. The number of amidine groups is 1. The Hall–Kier alpha value is -3.00. The van der Waals surface area contributed by atoms with Crippen molar-refractivity contribution in [2.75, 3.05) is 19.5 Å². The van der Waals surface area contributed by atoms with Crippen molar-refractivity contribution >= 4 is 28.5 Å². The van der Waals surface area contributed by atoms with Crippen molar-refractivity contribution < 1.29 is 14.3 Å². The Morgan fingerprint density at radius 3 is 2.77 bits per heavy atom. The van der Waals surface area contributed by atoms with Crippen LogP contribution in [-0.2, 0) is 4.79 Å². The summed E-state index contributed by atoms with van der Waals surface area (Å²) in [6, 6.07) is 13.3. The predicted octanol–water partition coefficient (Wildman–Crippen LogP) is 2.38. The average molecular weight is 425 g/mol. The Labute approximate surface area is 179 Å². The number of carbonyl (C=O) groups is 1. The second-order valence-electron chi connectivity index (χ2n) is 6.76. The van der Waals surface area contributed by atoms with E-state index in [2.05, 4.69) is 12.2 Å². The first-order valence-corrected chi connectivity index (χ1v) is 10.9. The third kappa shape index (κ3) is 3.75. The molecule has 156 valence electrons. The van der Waals surface area contributed by atoms with Crippen molar-refractivity contribution in [2.45, 2.75) is 26.4 Å². The Kier molecular flexibility index (Phi) is 5.94. The summed E-state index contributed by atoms with van der Waals surface area (Å²) in [5.74, 6) is 1.99. The molecule has 2 heterocycles. The zero-order chi connectivity index (χ0) is 21.1. The molecule has 0 aliphatic carbocycles. The normalized spacial score (nSPS) is 17.4. The number of benzene rings is 2. The first-order chi connectivity index (χ1) is 14.7. The van der Waals surface area contributed by atoms with E-state index < -0.39 is 6.17 Å². The van der Waals surface area contributed by atoms with Crippen molar-refractivity contribution in [1.82, 2.24) is 10.3 Å². The van der Waals surface area contributed by atoms with Crippen LogP contribution in [0.1, 0.15) is 32.0 Å². The van der Waals surface area contributed by atoms with Crippen LogP contribution in [0.4, 0.5) is 0 Å². The van der Waals surface area contributed by atoms with Gasteiger partial charge in [0.05, 0.1) is 19.1 Å². The maximum absolute atomic E-state index is 13.0. The molecule has 7 nitrogen and oxygen atoms in total. The van der Waals surface area contributed by atoms with Gasteiger partial charge in [-0.05, 0) is 31.5 Å². The Morgan fingerprint density at radius 2 is 2.00 bits per heavy atom. The lowest BCUT2D eigenvalue weighted by Gasteiger charge is -2.34. The maximum Gasteiger partial charge on any atom is 0.276 e. The van der Waals surface area contributed by atoms with Crippen LogP contribution in [0.2, 0.25) is 0 Å². The molecular formula is C22H24N4O3S. The number of nitrogens with zero attached hydrogens (tertiary/aromatic N) is 3. The summed E-state index contributed by atoms with van der Waals surface area (Å²) in [5.41, 5.74) is 1.36. The van der Waals surface area contributed by atoms with Crippen molar-refractivity contribution in [3.63, 3.8) is 0 Å². The van der Waals surface area contributed by atoms with Crippen LogP contribution in [0.25, 0.3) is 5.70 Å². The van der Waals surface area contributed by atoms with Gasteiger partial charge in [-0.2, -0.15) is 0 Å². The molecule has 1 unspecified atom stereocenters. The van der Waals surface area contributed by atoms with E-state index >= 15 is 0 Å². The predicted molar refractivity (Wildman–Crippen MR) is 118 cm³/mol. The lowest BCUT2D eigenvalue weighted by atomic mass is 10.1. The molecule has 1 amide bonds. The first kappa shape index (κ1) is 20.3. The lowest BCUT2D eigenvalue weighted by Crippen LogP contribution is -2.50. The van der Waals surface area contributed by atoms with Crippen LogP contribution in [0.5, 0.6) is 11.5 Å². The van der Waals surface area contributed by atoms with Gasteiger partial charge in [0.2, 0.25) is 0 Å². The van der Waals surface area contributed by atoms with Crippen LogP contribution >= 0.6 is 11.8 Å². The standard InChI is InChI=1S/C22H24N4O3S/c1-4-12-30-22-24-21(27)19-15-8-6-7-9-16(15)23-20(26(19)25-22)14-10-11-17(29-5-2)18(13-14)28-3/h6-11,13,20H,4-5,12H2,1-3H3,(H,24,25,27). The van der Waals surface area contributed by atoms with E-state index in [1.807, 2.05) is 49.4 Å². The van der Waals surface area contributed by atoms with Crippen molar-refractivity contribution in [3.8, 4) is 11.5 Å². The van der Waals surface area contributed by atoms with Crippen LogP contribution in [0.3, 0.4) is 0 Å². The van der Waals surface area contributed by atoms with Gasteiger partial charge in [-0.15, -0.1) is 5.10 Å². The van der Waals surface area contributed by atoms with E-state index in [9.17, 15) is 4.79 Å². The fourth-order valence-electron chi connectivity index (χ4n) is 3.43. The van der Waals surface area contributed by atoms with Gasteiger partial charge < -0.3 is 9.47 Å². The molecule has 4 rings (SSSR count).